The molecule has 0 saturated carbocycles. The third kappa shape index (κ3) is 5.76. The maximum Gasteiger partial charge on any atom is 0.241 e. The lowest BCUT2D eigenvalue weighted by Gasteiger charge is -2.24. The molecular formula is C24H27N3O. The minimum atomic E-state index is -0.0733. The Bertz CT molecular complexity index is 937. The second-order valence-corrected chi connectivity index (χ2v) is 7.17. The smallest absolute Gasteiger partial charge is 0.241 e. The number of rotatable bonds is 8. The van der Waals surface area contributed by atoms with Crippen molar-refractivity contribution in [3.63, 3.8) is 0 Å². The molecule has 28 heavy (non-hydrogen) atoms. The number of carbonyl (C=O) groups is 1. The van der Waals surface area contributed by atoms with Crippen LogP contribution in [0.5, 0.6) is 0 Å². The Morgan fingerprint density at radius 2 is 1.75 bits per heavy atom. The van der Waals surface area contributed by atoms with E-state index in [2.05, 4.69) is 77.9 Å². The van der Waals surface area contributed by atoms with E-state index in [4.69, 9.17) is 0 Å². The highest BCUT2D eigenvalue weighted by Gasteiger charge is 2.11. The van der Waals surface area contributed by atoms with E-state index in [1.165, 1.54) is 10.9 Å². The van der Waals surface area contributed by atoms with Crippen molar-refractivity contribution in [3.05, 3.63) is 83.9 Å². The zero-order chi connectivity index (χ0) is 19.8. The van der Waals surface area contributed by atoms with Crippen molar-refractivity contribution in [1.29, 1.82) is 0 Å². The number of amides is 1. The van der Waals surface area contributed by atoms with Crippen molar-refractivity contribution < 1.29 is 4.79 Å². The van der Waals surface area contributed by atoms with Crippen LogP contribution in [0.15, 0.2) is 77.9 Å². The maximum atomic E-state index is 12.1. The van der Waals surface area contributed by atoms with Gasteiger partial charge < -0.3 is 4.90 Å². The van der Waals surface area contributed by atoms with E-state index >= 15 is 0 Å². The van der Waals surface area contributed by atoms with Crippen LogP contribution in [-0.2, 0) is 11.2 Å². The van der Waals surface area contributed by atoms with Crippen LogP contribution >= 0.6 is 0 Å². The lowest BCUT2D eigenvalue weighted by atomic mass is 10.1. The molecule has 1 amide bonds. The molecule has 0 radical (unpaired) electrons. The van der Waals surface area contributed by atoms with Crippen LogP contribution in [0.3, 0.4) is 0 Å². The summed E-state index contributed by atoms with van der Waals surface area (Å²) in [4.78, 5) is 14.3. The Labute approximate surface area is 166 Å². The number of carbonyl (C=O) groups excluding carboxylic acids is 1. The summed E-state index contributed by atoms with van der Waals surface area (Å²) in [6.45, 7) is 2.88. The predicted octanol–water partition coefficient (Wildman–Crippen LogP) is 4.24. The molecule has 1 unspecified atom stereocenters. The number of benzene rings is 3. The average molecular weight is 374 g/mol. The van der Waals surface area contributed by atoms with Crippen molar-refractivity contribution in [2.75, 3.05) is 13.6 Å². The molecule has 0 aliphatic rings. The van der Waals surface area contributed by atoms with Crippen molar-refractivity contribution in [3.8, 4) is 0 Å². The Hall–Kier alpha value is -2.98. The Kier molecular flexibility index (Phi) is 6.93. The molecule has 0 heterocycles. The van der Waals surface area contributed by atoms with Gasteiger partial charge in [-0.2, -0.15) is 5.10 Å². The summed E-state index contributed by atoms with van der Waals surface area (Å²) in [6, 6.07) is 25.1. The molecule has 3 rings (SSSR count). The third-order valence-electron chi connectivity index (χ3n) is 4.99. The fraction of sp³-hybridized carbons (Fsp3) is 0.250. The molecule has 3 aromatic rings. The van der Waals surface area contributed by atoms with Crippen LogP contribution in [0.4, 0.5) is 0 Å². The largest absolute Gasteiger partial charge is 0.303 e. The monoisotopic (exact) mass is 373 g/mol. The van der Waals surface area contributed by atoms with Crippen molar-refractivity contribution in [1.82, 2.24) is 10.3 Å². The van der Waals surface area contributed by atoms with Crippen molar-refractivity contribution in [2.45, 2.75) is 25.8 Å². The zero-order valence-corrected chi connectivity index (χ0v) is 16.5. The van der Waals surface area contributed by atoms with Gasteiger partial charge in [-0.25, -0.2) is 5.43 Å². The molecule has 4 heteroatoms. The lowest BCUT2D eigenvalue weighted by Crippen LogP contribution is -2.34. The molecule has 0 saturated heterocycles. The Morgan fingerprint density at radius 1 is 1.04 bits per heavy atom. The first-order valence-electron chi connectivity index (χ1n) is 9.67. The molecular weight excluding hydrogens is 346 g/mol. The van der Waals surface area contributed by atoms with Gasteiger partial charge in [0.15, 0.2) is 0 Å². The molecule has 1 N–H and O–H groups in total. The molecule has 3 aromatic carbocycles. The lowest BCUT2D eigenvalue weighted by molar-refractivity contribution is -0.121. The minimum Gasteiger partial charge on any atom is -0.303 e. The van der Waals surface area contributed by atoms with Crippen molar-refractivity contribution in [2.24, 2.45) is 5.10 Å². The van der Waals surface area contributed by atoms with Gasteiger partial charge in [-0.3, -0.25) is 4.79 Å². The second kappa shape index (κ2) is 9.81. The SMILES string of the molecule is CC(Cc1ccccc1)N(C)CCC(=O)N/N=C/c1ccc2ccccc2c1. The quantitative estimate of drug-likeness (QED) is 0.474. The van der Waals surface area contributed by atoms with Crippen molar-refractivity contribution >= 4 is 22.9 Å². The molecule has 0 bridgehead atoms. The van der Waals surface area contributed by atoms with E-state index in [9.17, 15) is 4.79 Å². The number of likely N-dealkylation sites (N-methyl/N-ethyl adjacent to an activating group) is 1. The number of hydrazone groups is 1. The van der Waals surface area contributed by atoms with E-state index in [-0.39, 0.29) is 5.91 Å². The molecule has 0 aliphatic carbocycles. The first-order valence-corrected chi connectivity index (χ1v) is 9.67. The van der Waals surface area contributed by atoms with Gasteiger partial charge >= 0.3 is 0 Å². The molecule has 0 aliphatic heterocycles. The zero-order valence-electron chi connectivity index (χ0n) is 16.5. The van der Waals surface area contributed by atoms with Gasteiger partial charge in [0.2, 0.25) is 5.91 Å². The number of fused-ring (bicyclic) bond motifs is 1. The van der Waals surface area contributed by atoms with E-state index in [0.717, 1.165) is 17.4 Å². The molecule has 0 aromatic heterocycles. The Balaban J connectivity index is 1.43. The van der Waals surface area contributed by atoms with Gasteiger partial charge in [0.1, 0.15) is 0 Å². The van der Waals surface area contributed by atoms with Crippen LogP contribution in [0, 0.1) is 0 Å². The normalized spacial score (nSPS) is 12.5. The highest BCUT2D eigenvalue weighted by molar-refractivity contribution is 5.90. The number of nitrogens with one attached hydrogen (secondary N) is 1. The van der Waals surface area contributed by atoms with E-state index in [0.29, 0.717) is 19.0 Å². The van der Waals surface area contributed by atoms with E-state index in [1.54, 1.807) is 6.21 Å². The fourth-order valence-electron chi connectivity index (χ4n) is 3.13. The topological polar surface area (TPSA) is 44.7 Å². The third-order valence-corrected chi connectivity index (χ3v) is 4.99. The highest BCUT2D eigenvalue weighted by atomic mass is 16.2. The number of hydrogen-bond acceptors (Lipinski definition) is 3. The summed E-state index contributed by atoms with van der Waals surface area (Å²) < 4.78 is 0. The van der Waals surface area contributed by atoms with Crippen LogP contribution in [0.25, 0.3) is 10.8 Å². The summed E-state index contributed by atoms with van der Waals surface area (Å²) in [7, 11) is 2.05. The van der Waals surface area contributed by atoms with Crippen LogP contribution in [-0.4, -0.2) is 36.7 Å². The first-order chi connectivity index (χ1) is 13.6. The van der Waals surface area contributed by atoms with Gasteiger partial charge in [0.25, 0.3) is 0 Å². The summed E-state index contributed by atoms with van der Waals surface area (Å²) in [5.41, 5.74) is 4.90. The second-order valence-electron chi connectivity index (χ2n) is 7.17. The van der Waals surface area contributed by atoms with Crippen LogP contribution < -0.4 is 5.43 Å². The predicted molar refractivity (Wildman–Crippen MR) is 117 cm³/mol. The van der Waals surface area contributed by atoms with Gasteiger partial charge in [-0.05, 0) is 48.4 Å². The Morgan fingerprint density at radius 3 is 2.54 bits per heavy atom. The summed E-state index contributed by atoms with van der Waals surface area (Å²) in [5.74, 6) is -0.0733. The van der Waals surface area contributed by atoms with Crippen LogP contribution in [0.2, 0.25) is 0 Å². The van der Waals surface area contributed by atoms with Gasteiger partial charge in [0.05, 0.1) is 6.21 Å². The highest BCUT2D eigenvalue weighted by Crippen LogP contribution is 2.14. The molecule has 144 valence electrons. The fourth-order valence-corrected chi connectivity index (χ4v) is 3.13. The van der Waals surface area contributed by atoms with E-state index < -0.39 is 0 Å². The minimum absolute atomic E-state index is 0.0733. The standard InChI is InChI=1S/C24H27N3O/c1-19(16-20-8-4-3-5-9-20)27(2)15-14-24(28)26-25-18-21-12-13-22-10-6-7-11-23(22)17-21/h3-13,17-19H,14-16H2,1-2H3,(H,26,28)/b25-18+. The molecule has 4 nitrogen and oxygen atoms in total. The maximum absolute atomic E-state index is 12.1. The average Bonchev–Trinajstić information content (AvgIpc) is 2.72. The van der Waals surface area contributed by atoms with Gasteiger partial charge in [0, 0.05) is 19.0 Å². The van der Waals surface area contributed by atoms with Crippen LogP contribution in [0.1, 0.15) is 24.5 Å². The first kappa shape index (κ1) is 19.8. The number of nitrogens with zero attached hydrogens (tertiary/aromatic N) is 2. The summed E-state index contributed by atoms with van der Waals surface area (Å²) >= 11 is 0. The molecule has 0 fully saturated rings. The number of hydrogen-bond donors (Lipinski definition) is 1. The van der Waals surface area contributed by atoms with Gasteiger partial charge in [-0.1, -0.05) is 66.7 Å². The summed E-state index contributed by atoms with van der Waals surface area (Å²) in [6.07, 6.45) is 3.08. The van der Waals surface area contributed by atoms with Gasteiger partial charge in [-0.15, -0.1) is 0 Å². The molecule has 1 atom stereocenters. The van der Waals surface area contributed by atoms with E-state index in [1.807, 2.05) is 24.3 Å². The molecule has 0 spiro atoms. The summed E-state index contributed by atoms with van der Waals surface area (Å²) in [5, 5.41) is 6.45.